The third kappa shape index (κ3) is 5.73. The fourth-order valence-electron chi connectivity index (χ4n) is 4.13. The normalized spacial score (nSPS) is 19.1. The van der Waals surface area contributed by atoms with E-state index in [1.54, 1.807) is 13.8 Å². The van der Waals surface area contributed by atoms with Crippen molar-refractivity contribution in [3.05, 3.63) is 50.5 Å². The Hall–Kier alpha value is -3.61. The number of benzene rings is 1. The number of hydrogen-bond donors (Lipinski definition) is 2. The Bertz CT molecular complexity index is 1080. The Morgan fingerprint density at radius 1 is 1.29 bits per heavy atom. The summed E-state index contributed by atoms with van der Waals surface area (Å²) >= 11 is 1.26. The van der Waals surface area contributed by atoms with Crippen LogP contribution in [0.15, 0.2) is 34.9 Å². The van der Waals surface area contributed by atoms with Crippen LogP contribution in [0, 0.1) is 16.0 Å². The highest BCUT2D eigenvalue weighted by Crippen LogP contribution is 2.50. The number of carbonyl (C=O) groups is 4. The number of nitrogens with one attached hydrogen (secondary N) is 1. The zero-order chi connectivity index (χ0) is 25.9. The number of β-lactam (4-membered cyclic amide) rings is 1. The van der Waals surface area contributed by atoms with E-state index in [-0.39, 0.29) is 23.9 Å². The summed E-state index contributed by atoms with van der Waals surface area (Å²) in [5, 5.41) is 23.0. The molecule has 1 fully saturated rings. The summed E-state index contributed by atoms with van der Waals surface area (Å²) in [6.45, 7) is 4.68. The molecule has 2 aliphatic rings. The Labute approximate surface area is 204 Å². The minimum atomic E-state index is -1.27. The zero-order valence-electron chi connectivity index (χ0n) is 19.3. The summed E-state index contributed by atoms with van der Waals surface area (Å²) in [7, 11) is 0. The number of carbonyl (C=O) groups excluding carboxylic acids is 3. The lowest BCUT2D eigenvalue weighted by molar-refractivity contribution is -0.384. The second-order valence-electron chi connectivity index (χ2n) is 8.53. The van der Waals surface area contributed by atoms with Crippen molar-refractivity contribution in [3.63, 3.8) is 0 Å². The van der Waals surface area contributed by atoms with Gasteiger partial charge in [-0.05, 0) is 31.5 Å². The number of amides is 2. The van der Waals surface area contributed by atoms with E-state index in [4.69, 9.17) is 9.47 Å². The largest absolute Gasteiger partial charge is 0.509 e. The number of rotatable bonds is 10. The topological polar surface area (TPSA) is 165 Å². The lowest BCUT2D eigenvalue weighted by atomic mass is 9.76. The van der Waals surface area contributed by atoms with Crippen molar-refractivity contribution in [1.29, 1.82) is 0 Å². The van der Waals surface area contributed by atoms with Gasteiger partial charge < -0.3 is 24.8 Å². The number of fused-ring (bicyclic) bond motifs is 1. The van der Waals surface area contributed by atoms with E-state index in [2.05, 4.69) is 5.32 Å². The summed E-state index contributed by atoms with van der Waals surface area (Å²) in [5.41, 5.74) is -0.932. The summed E-state index contributed by atoms with van der Waals surface area (Å²) < 4.78 is 10.5. The first-order valence-electron chi connectivity index (χ1n) is 10.7. The number of aliphatic carboxylic acids is 1. The van der Waals surface area contributed by atoms with Gasteiger partial charge in [0.05, 0.1) is 16.9 Å². The highest BCUT2D eigenvalue weighted by atomic mass is 32.2. The molecule has 3 rings (SSSR count). The van der Waals surface area contributed by atoms with Crippen LogP contribution in [-0.4, -0.2) is 62.8 Å². The smallest absolute Gasteiger partial charge is 0.477 e. The number of nitro groups is 1. The van der Waals surface area contributed by atoms with E-state index in [0.717, 1.165) is 0 Å². The van der Waals surface area contributed by atoms with Gasteiger partial charge in [-0.1, -0.05) is 0 Å². The molecule has 0 unspecified atom stereocenters. The second-order valence-corrected chi connectivity index (χ2v) is 9.72. The van der Waals surface area contributed by atoms with Gasteiger partial charge in [0.15, 0.2) is 0 Å². The van der Waals surface area contributed by atoms with Gasteiger partial charge in [-0.25, -0.2) is 9.59 Å². The van der Waals surface area contributed by atoms with Gasteiger partial charge in [-0.15, -0.1) is 11.8 Å². The zero-order valence-corrected chi connectivity index (χ0v) is 20.1. The third-order valence-electron chi connectivity index (χ3n) is 5.67. The molecule has 0 radical (unpaired) electrons. The summed E-state index contributed by atoms with van der Waals surface area (Å²) in [4.78, 5) is 60.0. The molecule has 12 nitrogen and oxygen atoms in total. The Morgan fingerprint density at radius 3 is 2.51 bits per heavy atom. The maximum atomic E-state index is 12.9. The van der Waals surface area contributed by atoms with E-state index >= 15 is 0 Å². The number of non-ortho nitro benzene ring substituents is 1. The molecule has 0 bridgehead atoms. The molecule has 0 aliphatic carbocycles. The van der Waals surface area contributed by atoms with Gasteiger partial charge in [-0.3, -0.25) is 19.7 Å². The molecule has 2 amide bonds. The Morgan fingerprint density at radius 2 is 1.94 bits per heavy atom. The van der Waals surface area contributed by atoms with Gasteiger partial charge in [-0.2, -0.15) is 0 Å². The van der Waals surface area contributed by atoms with E-state index in [1.165, 1.54) is 47.9 Å². The monoisotopic (exact) mass is 507 g/mol. The summed E-state index contributed by atoms with van der Waals surface area (Å²) in [6, 6.07) is 5.00. The minimum absolute atomic E-state index is 0.0828. The van der Waals surface area contributed by atoms with Crippen LogP contribution >= 0.6 is 11.8 Å². The van der Waals surface area contributed by atoms with Crippen LogP contribution < -0.4 is 5.32 Å². The molecule has 13 heteroatoms. The Kier molecular flexibility index (Phi) is 7.68. The van der Waals surface area contributed by atoms with Gasteiger partial charge in [0.1, 0.15) is 17.9 Å². The molecule has 2 atom stereocenters. The van der Waals surface area contributed by atoms with Crippen LogP contribution in [0.3, 0.4) is 0 Å². The fourth-order valence-corrected chi connectivity index (χ4v) is 5.19. The molecule has 1 aromatic carbocycles. The number of carboxylic acids is 1. The fraction of sp³-hybridized carbons (Fsp3) is 0.455. The predicted molar refractivity (Wildman–Crippen MR) is 123 cm³/mol. The van der Waals surface area contributed by atoms with E-state index in [9.17, 15) is 34.4 Å². The van der Waals surface area contributed by atoms with E-state index in [0.29, 0.717) is 29.2 Å². The van der Waals surface area contributed by atoms with Crippen molar-refractivity contribution >= 4 is 41.4 Å². The third-order valence-corrected chi connectivity index (χ3v) is 6.79. The first-order valence-corrected chi connectivity index (χ1v) is 11.7. The molecule has 35 heavy (non-hydrogen) atoms. The van der Waals surface area contributed by atoms with Crippen LogP contribution in [-0.2, 0) is 30.5 Å². The average Bonchev–Trinajstić information content (AvgIpc) is 3.08. The Balaban J connectivity index is 1.59. The van der Waals surface area contributed by atoms with Crippen LogP contribution in [0.5, 0.6) is 0 Å². The molecular weight excluding hydrogens is 482 g/mol. The van der Waals surface area contributed by atoms with Gasteiger partial charge in [0.25, 0.3) is 5.69 Å². The van der Waals surface area contributed by atoms with Crippen molar-refractivity contribution < 1.29 is 38.7 Å². The first-order chi connectivity index (χ1) is 16.4. The van der Waals surface area contributed by atoms with E-state index in [1.807, 2.05) is 0 Å². The lowest BCUT2D eigenvalue weighted by Gasteiger charge is -2.49. The first kappa shape index (κ1) is 26.0. The molecule has 188 valence electrons. The molecule has 2 N–H and O–H groups in total. The lowest BCUT2D eigenvalue weighted by Crippen LogP contribution is -2.66. The molecule has 1 saturated heterocycles. The van der Waals surface area contributed by atoms with Crippen molar-refractivity contribution in [1.82, 2.24) is 10.2 Å². The number of carboxylic acid groups (broad SMARTS) is 1. The maximum Gasteiger partial charge on any atom is 0.509 e. The van der Waals surface area contributed by atoms with Crippen molar-refractivity contribution in [2.24, 2.45) is 5.92 Å². The molecule has 1 aromatic rings. The number of nitrogens with zero attached hydrogens (tertiary/aromatic N) is 2. The second kappa shape index (κ2) is 10.3. The van der Waals surface area contributed by atoms with E-state index < -0.39 is 40.5 Å². The molecule has 2 heterocycles. The van der Waals surface area contributed by atoms with Crippen molar-refractivity contribution in [2.45, 2.75) is 45.4 Å². The average molecular weight is 508 g/mol. The van der Waals surface area contributed by atoms with Gasteiger partial charge in [0.2, 0.25) is 11.8 Å². The van der Waals surface area contributed by atoms with Crippen LogP contribution in [0.1, 0.15) is 32.8 Å². The molecule has 2 aliphatic heterocycles. The van der Waals surface area contributed by atoms with Crippen molar-refractivity contribution in [2.75, 3.05) is 12.3 Å². The van der Waals surface area contributed by atoms with Crippen molar-refractivity contribution in [3.8, 4) is 0 Å². The molecule has 0 spiro atoms. The number of ether oxygens (including phenoxy) is 2. The summed E-state index contributed by atoms with van der Waals surface area (Å²) in [6.07, 6.45) is -0.720. The molecular formula is C22H25N3O9S. The molecule has 0 saturated carbocycles. The SMILES string of the molecule is CC(=O)NCCSC1=C(C(=O)O)N2C(=O)[C@H](C(C)(C)OC(=O)OCc3ccc([N+](=O)[O-])cc3)[C@H]2C1. The van der Waals surface area contributed by atoms with Gasteiger partial charge in [0, 0.05) is 42.7 Å². The predicted octanol–water partition coefficient (Wildman–Crippen LogP) is 2.42. The highest BCUT2D eigenvalue weighted by Gasteiger charge is 2.61. The van der Waals surface area contributed by atoms with Crippen LogP contribution in [0.25, 0.3) is 0 Å². The van der Waals surface area contributed by atoms with Gasteiger partial charge >= 0.3 is 12.1 Å². The number of hydrogen-bond acceptors (Lipinski definition) is 9. The minimum Gasteiger partial charge on any atom is -0.477 e. The molecule has 0 aromatic heterocycles. The number of thioether (sulfide) groups is 1. The standard InChI is InChI=1S/C22H25N3O9S/c1-12(26)23-8-9-35-16-10-15-17(19(27)24(15)18(16)20(28)29)22(2,3)34-21(30)33-11-13-4-6-14(7-5-13)25(31)32/h4-7,15,17H,8-11H2,1-3H3,(H,23,26)(H,28,29)/t15-,17-/m1/s1. The maximum absolute atomic E-state index is 12.9. The van der Waals surface area contributed by atoms with Crippen LogP contribution in [0.4, 0.5) is 10.5 Å². The number of nitro benzene ring substituents is 1. The highest BCUT2D eigenvalue weighted by molar-refractivity contribution is 8.03. The quantitative estimate of drug-likeness (QED) is 0.158. The van der Waals surface area contributed by atoms with Crippen LogP contribution in [0.2, 0.25) is 0 Å². The summed E-state index contributed by atoms with van der Waals surface area (Å²) in [5.74, 6) is -2.19.